The van der Waals surface area contributed by atoms with E-state index in [9.17, 15) is 9.59 Å². The van der Waals surface area contributed by atoms with Crippen molar-refractivity contribution in [2.24, 2.45) is 17.8 Å². The number of hydrogen-bond acceptors (Lipinski definition) is 2. The van der Waals surface area contributed by atoms with Gasteiger partial charge in [0.15, 0.2) is 0 Å². The van der Waals surface area contributed by atoms with Gasteiger partial charge in [-0.1, -0.05) is 30.2 Å². The summed E-state index contributed by atoms with van der Waals surface area (Å²) in [4.78, 5) is 24.1. The fourth-order valence-corrected chi connectivity index (χ4v) is 4.83. The first-order valence-corrected chi connectivity index (χ1v) is 9.62. The first-order valence-electron chi connectivity index (χ1n) is 9.24. The zero-order valence-corrected chi connectivity index (χ0v) is 15.7. The van der Waals surface area contributed by atoms with Crippen molar-refractivity contribution >= 4 is 23.4 Å². The molecule has 1 aromatic rings. The van der Waals surface area contributed by atoms with Gasteiger partial charge in [-0.25, -0.2) is 0 Å². The lowest BCUT2D eigenvalue weighted by Gasteiger charge is -2.29. The van der Waals surface area contributed by atoms with E-state index >= 15 is 0 Å². The molecule has 2 aliphatic carbocycles. The Kier molecular flexibility index (Phi) is 5.67. The smallest absolute Gasteiger partial charge is 0.222 e. The molecule has 0 radical (unpaired) electrons. The first-order chi connectivity index (χ1) is 11.9. The van der Waals surface area contributed by atoms with Gasteiger partial charge >= 0.3 is 0 Å². The summed E-state index contributed by atoms with van der Waals surface area (Å²) in [6.07, 6.45) is 5.51. The third-order valence-electron chi connectivity index (χ3n) is 5.86. The van der Waals surface area contributed by atoms with Gasteiger partial charge in [0.25, 0.3) is 0 Å². The van der Waals surface area contributed by atoms with E-state index in [1.807, 2.05) is 12.1 Å². The topological polar surface area (TPSA) is 58.2 Å². The Bertz CT molecular complexity index is 631. The summed E-state index contributed by atoms with van der Waals surface area (Å²) < 4.78 is 0. The highest BCUT2D eigenvalue weighted by molar-refractivity contribution is 6.30. The number of carbonyl (C=O) groups is 2. The molecule has 1 aromatic carbocycles. The van der Waals surface area contributed by atoms with Crippen LogP contribution in [0.4, 0.5) is 0 Å². The van der Waals surface area contributed by atoms with Gasteiger partial charge < -0.3 is 10.6 Å². The number of nitrogens with one attached hydrogen (secondary N) is 2. The molecule has 2 saturated carbocycles. The summed E-state index contributed by atoms with van der Waals surface area (Å²) in [5.74, 6) is 2.11. The fourth-order valence-electron chi connectivity index (χ4n) is 4.70. The summed E-state index contributed by atoms with van der Waals surface area (Å²) in [5.41, 5.74) is 0.891. The predicted molar refractivity (Wildman–Crippen MR) is 99.2 cm³/mol. The number of amides is 2. The number of fused-ring (bicyclic) bond motifs is 2. The second-order valence-electron chi connectivity index (χ2n) is 7.70. The average molecular weight is 363 g/mol. The zero-order valence-electron chi connectivity index (χ0n) is 14.9. The van der Waals surface area contributed by atoms with Crippen molar-refractivity contribution in [1.29, 1.82) is 0 Å². The van der Waals surface area contributed by atoms with Gasteiger partial charge in [0, 0.05) is 18.0 Å². The lowest BCUT2D eigenvalue weighted by atomic mass is 9.84. The molecule has 0 heterocycles. The van der Waals surface area contributed by atoms with E-state index in [0.717, 1.165) is 17.4 Å². The molecular weight excluding hydrogens is 336 g/mol. The summed E-state index contributed by atoms with van der Waals surface area (Å²) in [5, 5.41) is 6.69. The van der Waals surface area contributed by atoms with Crippen LogP contribution in [0.15, 0.2) is 24.3 Å². The number of rotatable bonds is 6. The van der Waals surface area contributed by atoms with Crippen molar-refractivity contribution in [3.63, 3.8) is 0 Å². The van der Waals surface area contributed by atoms with Crippen molar-refractivity contribution in [3.8, 4) is 0 Å². The van der Waals surface area contributed by atoms with E-state index in [2.05, 4.69) is 17.6 Å². The molecule has 0 spiro atoms. The van der Waals surface area contributed by atoms with E-state index in [0.29, 0.717) is 10.9 Å². The average Bonchev–Trinajstić information content (AvgIpc) is 3.17. The van der Waals surface area contributed by atoms with Crippen LogP contribution in [0.1, 0.15) is 57.6 Å². The van der Waals surface area contributed by atoms with Crippen molar-refractivity contribution in [1.82, 2.24) is 10.6 Å². The highest BCUT2D eigenvalue weighted by Crippen LogP contribution is 2.49. The third kappa shape index (κ3) is 4.55. The monoisotopic (exact) mass is 362 g/mol. The normalized spacial score (nSPS) is 26.9. The molecule has 0 saturated heterocycles. The van der Waals surface area contributed by atoms with Gasteiger partial charge in [0.1, 0.15) is 0 Å². The maximum atomic E-state index is 12.6. The molecule has 5 unspecified atom stereocenters. The van der Waals surface area contributed by atoms with Gasteiger partial charge in [-0.05, 0) is 61.6 Å². The molecule has 2 bridgehead atoms. The molecule has 25 heavy (non-hydrogen) atoms. The minimum absolute atomic E-state index is 0.0102. The van der Waals surface area contributed by atoms with E-state index in [4.69, 9.17) is 11.6 Å². The third-order valence-corrected chi connectivity index (χ3v) is 6.12. The van der Waals surface area contributed by atoms with Crippen LogP contribution in [0.2, 0.25) is 5.02 Å². The van der Waals surface area contributed by atoms with E-state index in [1.54, 1.807) is 12.1 Å². The Hall–Kier alpha value is -1.55. The van der Waals surface area contributed by atoms with Gasteiger partial charge in [-0.15, -0.1) is 0 Å². The maximum Gasteiger partial charge on any atom is 0.222 e. The SMILES string of the molecule is CC(=O)NC(CC(=O)NC(C)C1CC2CCC1C2)c1ccc(Cl)cc1. The van der Waals surface area contributed by atoms with Crippen LogP contribution in [0.5, 0.6) is 0 Å². The van der Waals surface area contributed by atoms with Crippen LogP contribution in [0.25, 0.3) is 0 Å². The van der Waals surface area contributed by atoms with Crippen LogP contribution in [0, 0.1) is 17.8 Å². The van der Waals surface area contributed by atoms with Gasteiger partial charge in [-0.3, -0.25) is 9.59 Å². The molecule has 136 valence electrons. The Morgan fingerprint density at radius 3 is 2.44 bits per heavy atom. The van der Waals surface area contributed by atoms with Crippen LogP contribution in [-0.4, -0.2) is 17.9 Å². The van der Waals surface area contributed by atoms with Crippen molar-refractivity contribution in [2.75, 3.05) is 0 Å². The van der Waals surface area contributed by atoms with Gasteiger partial charge in [-0.2, -0.15) is 0 Å². The quantitative estimate of drug-likeness (QED) is 0.807. The molecule has 5 atom stereocenters. The zero-order chi connectivity index (χ0) is 18.0. The summed E-state index contributed by atoms with van der Waals surface area (Å²) in [6, 6.07) is 7.14. The Morgan fingerprint density at radius 1 is 1.16 bits per heavy atom. The van der Waals surface area contributed by atoms with Crippen molar-refractivity contribution < 1.29 is 9.59 Å². The highest BCUT2D eigenvalue weighted by Gasteiger charge is 2.42. The molecule has 2 fully saturated rings. The first kappa shape index (κ1) is 18.2. The Morgan fingerprint density at radius 2 is 1.88 bits per heavy atom. The summed E-state index contributed by atoms with van der Waals surface area (Å²) in [6.45, 7) is 3.59. The van der Waals surface area contributed by atoms with Crippen molar-refractivity contribution in [3.05, 3.63) is 34.9 Å². The molecule has 4 nitrogen and oxygen atoms in total. The largest absolute Gasteiger partial charge is 0.353 e. The Balaban J connectivity index is 1.59. The number of benzene rings is 1. The molecule has 2 N–H and O–H groups in total. The van der Waals surface area contributed by atoms with Gasteiger partial charge in [0.2, 0.25) is 11.8 Å². The standard InChI is InChI=1S/C20H27ClN2O2/c1-12(18-10-14-3-4-16(18)9-14)22-20(25)11-19(23-13(2)24)15-5-7-17(21)8-6-15/h5-8,12,14,16,18-19H,3-4,9-11H2,1-2H3,(H,22,25)(H,23,24). The lowest BCUT2D eigenvalue weighted by molar-refractivity contribution is -0.123. The summed E-state index contributed by atoms with van der Waals surface area (Å²) in [7, 11) is 0. The van der Waals surface area contributed by atoms with E-state index in [-0.39, 0.29) is 30.3 Å². The molecule has 0 aromatic heterocycles. The fraction of sp³-hybridized carbons (Fsp3) is 0.600. The molecule has 3 rings (SSSR count). The number of carbonyl (C=O) groups excluding carboxylic acids is 2. The van der Waals surface area contributed by atoms with Crippen LogP contribution in [-0.2, 0) is 9.59 Å². The van der Waals surface area contributed by atoms with Crippen LogP contribution >= 0.6 is 11.6 Å². The van der Waals surface area contributed by atoms with E-state index < -0.39 is 0 Å². The summed E-state index contributed by atoms with van der Waals surface area (Å²) >= 11 is 5.93. The van der Waals surface area contributed by atoms with Crippen LogP contribution in [0.3, 0.4) is 0 Å². The van der Waals surface area contributed by atoms with Gasteiger partial charge in [0.05, 0.1) is 12.5 Å². The number of hydrogen-bond donors (Lipinski definition) is 2. The second-order valence-corrected chi connectivity index (χ2v) is 8.14. The highest BCUT2D eigenvalue weighted by atomic mass is 35.5. The van der Waals surface area contributed by atoms with E-state index in [1.165, 1.54) is 32.6 Å². The molecule has 5 heteroatoms. The number of halogens is 1. The lowest BCUT2D eigenvalue weighted by Crippen LogP contribution is -2.41. The molecule has 2 amide bonds. The second kappa shape index (κ2) is 7.77. The van der Waals surface area contributed by atoms with Crippen molar-refractivity contribution in [2.45, 2.75) is 58.0 Å². The molecule has 0 aliphatic heterocycles. The Labute approximate surface area is 154 Å². The van der Waals surface area contributed by atoms with Crippen LogP contribution < -0.4 is 10.6 Å². The molecule has 2 aliphatic rings. The minimum Gasteiger partial charge on any atom is -0.353 e. The molecular formula is C20H27ClN2O2. The predicted octanol–water partition coefficient (Wildman–Crippen LogP) is 3.85. The minimum atomic E-state index is -0.331. The maximum absolute atomic E-state index is 12.6.